The third kappa shape index (κ3) is 2.95. The molecule has 15 heavy (non-hydrogen) atoms. The molecule has 80 valence electrons. The van der Waals surface area contributed by atoms with E-state index in [9.17, 15) is 0 Å². The summed E-state index contributed by atoms with van der Waals surface area (Å²) in [6, 6.07) is 0. The Morgan fingerprint density at radius 3 is 3.13 bits per heavy atom. The van der Waals surface area contributed by atoms with Crippen LogP contribution >= 0.6 is 22.7 Å². The maximum absolute atomic E-state index is 5.00. The molecule has 0 saturated heterocycles. The Balaban J connectivity index is 1.88. The van der Waals surface area contributed by atoms with Crippen molar-refractivity contribution in [3.63, 3.8) is 0 Å². The van der Waals surface area contributed by atoms with Crippen LogP contribution in [0.1, 0.15) is 10.7 Å². The lowest BCUT2D eigenvalue weighted by Gasteiger charge is -1.97. The minimum atomic E-state index is 0.573. The van der Waals surface area contributed by atoms with Crippen molar-refractivity contribution in [1.29, 1.82) is 0 Å². The van der Waals surface area contributed by atoms with Crippen LogP contribution in [-0.2, 0) is 17.9 Å². The van der Waals surface area contributed by atoms with Gasteiger partial charge in [0.15, 0.2) is 0 Å². The standard InChI is InChI=1S/C8H10N4OS2/c1-13-3-7-11-6(4-14-7)2-9-8-12-10-5-15-8/h4-5H,2-3H2,1H3,(H,9,12). The van der Waals surface area contributed by atoms with E-state index in [4.69, 9.17) is 4.74 Å². The van der Waals surface area contributed by atoms with Gasteiger partial charge in [-0.25, -0.2) is 4.98 Å². The zero-order chi connectivity index (χ0) is 10.5. The Morgan fingerprint density at radius 2 is 2.40 bits per heavy atom. The van der Waals surface area contributed by atoms with Gasteiger partial charge < -0.3 is 10.1 Å². The van der Waals surface area contributed by atoms with Gasteiger partial charge in [0.2, 0.25) is 5.13 Å². The van der Waals surface area contributed by atoms with Crippen molar-refractivity contribution in [3.05, 3.63) is 21.6 Å². The molecule has 0 unspecified atom stereocenters. The summed E-state index contributed by atoms with van der Waals surface area (Å²) in [6.45, 7) is 1.25. The molecule has 0 amide bonds. The molecule has 0 fully saturated rings. The monoisotopic (exact) mass is 242 g/mol. The lowest BCUT2D eigenvalue weighted by molar-refractivity contribution is 0.184. The summed E-state index contributed by atoms with van der Waals surface area (Å²) in [5.74, 6) is 0. The van der Waals surface area contributed by atoms with E-state index in [2.05, 4.69) is 20.5 Å². The predicted octanol–water partition coefficient (Wildman–Crippen LogP) is 1.75. The van der Waals surface area contributed by atoms with Crippen LogP contribution in [0.4, 0.5) is 5.13 Å². The fraction of sp³-hybridized carbons (Fsp3) is 0.375. The lowest BCUT2D eigenvalue weighted by Crippen LogP contribution is -1.99. The second-order valence-electron chi connectivity index (χ2n) is 2.76. The molecular formula is C8H10N4OS2. The second kappa shape index (κ2) is 5.15. The van der Waals surface area contributed by atoms with E-state index in [-0.39, 0.29) is 0 Å². The molecule has 1 N–H and O–H groups in total. The van der Waals surface area contributed by atoms with Crippen LogP contribution in [0.25, 0.3) is 0 Å². The zero-order valence-corrected chi connectivity index (χ0v) is 9.77. The Kier molecular flexibility index (Phi) is 3.59. The highest BCUT2D eigenvalue weighted by Crippen LogP contribution is 2.13. The lowest BCUT2D eigenvalue weighted by atomic mass is 10.5. The average Bonchev–Trinajstić information content (AvgIpc) is 2.85. The first-order chi connectivity index (χ1) is 7.38. The third-order valence-corrected chi connectivity index (χ3v) is 3.17. The topological polar surface area (TPSA) is 59.9 Å². The van der Waals surface area contributed by atoms with Crippen molar-refractivity contribution in [2.45, 2.75) is 13.2 Å². The molecule has 0 radical (unpaired) electrons. The minimum absolute atomic E-state index is 0.573. The van der Waals surface area contributed by atoms with Gasteiger partial charge in [-0.05, 0) is 0 Å². The number of rotatable bonds is 5. The molecule has 2 heterocycles. The summed E-state index contributed by atoms with van der Waals surface area (Å²) >= 11 is 3.08. The van der Waals surface area contributed by atoms with Crippen molar-refractivity contribution in [1.82, 2.24) is 15.2 Å². The normalized spacial score (nSPS) is 10.5. The van der Waals surface area contributed by atoms with Gasteiger partial charge in [-0.15, -0.1) is 21.5 Å². The van der Waals surface area contributed by atoms with Gasteiger partial charge in [0.25, 0.3) is 0 Å². The summed E-state index contributed by atoms with van der Waals surface area (Å²) in [4.78, 5) is 4.39. The molecule has 0 aromatic carbocycles. The number of ether oxygens (including phenoxy) is 1. The molecule has 0 spiro atoms. The van der Waals surface area contributed by atoms with Crippen molar-refractivity contribution in [2.24, 2.45) is 0 Å². The van der Waals surface area contributed by atoms with Crippen LogP contribution in [0.2, 0.25) is 0 Å². The minimum Gasteiger partial charge on any atom is -0.378 e. The fourth-order valence-corrected chi connectivity index (χ4v) is 2.24. The van der Waals surface area contributed by atoms with Crippen molar-refractivity contribution in [3.8, 4) is 0 Å². The summed E-state index contributed by atoms with van der Waals surface area (Å²) in [7, 11) is 1.67. The molecule has 0 aliphatic carbocycles. The highest BCUT2D eigenvalue weighted by Gasteiger charge is 2.02. The number of nitrogens with one attached hydrogen (secondary N) is 1. The van der Waals surface area contributed by atoms with E-state index in [1.807, 2.05) is 5.38 Å². The summed E-state index contributed by atoms with van der Waals surface area (Å²) in [6.07, 6.45) is 0. The maximum atomic E-state index is 5.00. The Morgan fingerprint density at radius 1 is 1.47 bits per heavy atom. The highest BCUT2D eigenvalue weighted by molar-refractivity contribution is 7.13. The Labute approximate surface area is 95.2 Å². The summed E-state index contributed by atoms with van der Waals surface area (Å²) in [5.41, 5.74) is 2.70. The van der Waals surface area contributed by atoms with Gasteiger partial charge in [0.1, 0.15) is 10.5 Å². The molecule has 0 aliphatic heterocycles. The molecule has 2 aromatic rings. The quantitative estimate of drug-likeness (QED) is 0.865. The van der Waals surface area contributed by atoms with Crippen molar-refractivity contribution < 1.29 is 4.74 Å². The van der Waals surface area contributed by atoms with Gasteiger partial charge in [-0.3, -0.25) is 0 Å². The average molecular weight is 242 g/mol. The zero-order valence-electron chi connectivity index (χ0n) is 8.14. The van der Waals surface area contributed by atoms with Crippen LogP contribution < -0.4 is 5.32 Å². The van der Waals surface area contributed by atoms with Crippen molar-refractivity contribution in [2.75, 3.05) is 12.4 Å². The third-order valence-electron chi connectivity index (χ3n) is 1.65. The van der Waals surface area contributed by atoms with Crippen LogP contribution in [0.3, 0.4) is 0 Å². The number of methoxy groups -OCH3 is 1. The van der Waals surface area contributed by atoms with Crippen LogP contribution in [0.5, 0.6) is 0 Å². The molecule has 2 aromatic heterocycles. The Bertz CT molecular complexity index is 400. The molecular weight excluding hydrogens is 232 g/mol. The van der Waals surface area contributed by atoms with Gasteiger partial charge in [0.05, 0.1) is 18.8 Å². The molecule has 7 heteroatoms. The van der Waals surface area contributed by atoms with Crippen LogP contribution in [-0.4, -0.2) is 22.3 Å². The van der Waals surface area contributed by atoms with Crippen molar-refractivity contribution >= 4 is 27.8 Å². The molecule has 5 nitrogen and oxygen atoms in total. The first-order valence-electron chi connectivity index (χ1n) is 4.30. The van der Waals surface area contributed by atoms with Gasteiger partial charge in [-0.2, -0.15) is 0 Å². The van der Waals surface area contributed by atoms with E-state index in [1.165, 1.54) is 11.3 Å². The number of hydrogen-bond acceptors (Lipinski definition) is 7. The van der Waals surface area contributed by atoms with Gasteiger partial charge in [0, 0.05) is 12.5 Å². The first-order valence-corrected chi connectivity index (χ1v) is 6.06. The van der Waals surface area contributed by atoms with Gasteiger partial charge in [-0.1, -0.05) is 11.3 Å². The number of anilines is 1. The molecule has 0 atom stereocenters. The number of thiazole rings is 1. The molecule has 0 aliphatic rings. The fourth-order valence-electron chi connectivity index (χ4n) is 1.04. The maximum Gasteiger partial charge on any atom is 0.205 e. The number of hydrogen-bond donors (Lipinski definition) is 1. The van der Waals surface area contributed by atoms with E-state index < -0.39 is 0 Å². The van der Waals surface area contributed by atoms with E-state index in [0.717, 1.165) is 15.8 Å². The largest absolute Gasteiger partial charge is 0.378 e. The predicted molar refractivity (Wildman–Crippen MR) is 60.1 cm³/mol. The highest BCUT2D eigenvalue weighted by atomic mass is 32.1. The van der Waals surface area contributed by atoms with E-state index >= 15 is 0 Å². The number of aromatic nitrogens is 3. The van der Waals surface area contributed by atoms with E-state index in [1.54, 1.807) is 24.0 Å². The number of nitrogens with zero attached hydrogens (tertiary/aromatic N) is 3. The molecule has 2 rings (SSSR count). The summed E-state index contributed by atoms with van der Waals surface area (Å²) in [5, 5.41) is 14.6. The molecule has 0 bridgehead atoms. The SMILES string of the molecule is COCc1nc(CNc2nncs2)cs1. The van der Waals surface area contributed by atoms with Crippen LogP contribution in [0.15, 0.2) is 10.9 Å². The Hall–Kier alpha value is -1.05. The molecule has 0 saturated carbocycles. The van der Waals surface area contributed by atoms with Gasteiger partial charge >= 0.3 is 0 Å². The summed E-state index contributed by atoms with van der Waals surface area (Å²) < 4.78 is 5.00. The van der Waals surface area contributed by atoms with Crippen LogP contribution in [0, 0.1) is 0 Å². The first kappa shape index (κ1) is 10.5. The van der Waals surface area contributed by atoms with E-state index in [0.29, 0.717) is 13.2 Å². The smallest absolute Gasteiger partial charge is 0.205 e. The second-order valence-corrected chi connectivity index (χ2v) is 4.54.